The van der Waals surface area contributed by atoms with Crippen LogP contribution in [0.3, 0.4) is 0 Å². The molecule has 0 aromatic carbocycles. The average molecular weight is 256 g/mol. The van der Waals surface area contributed by atoms with Crippen molar-refractivity contribution >= 4 is 17.8 Å². The fourth-order valence-electron chi connectivity index (χ4n) is 1.60. The van der Waals surface area contributed by atoms with Crippen molar-refractivity contribution in [3.63, 3.8) is 0 Å². The Morgan fingerprint density at radius 3 is 2.78 bits per heavy atom. The van der Waals surface area contributed by atoms with Gasteiger partial charge in [0.25, 0.3) is 5.91 Å². The zero-order valence-corrected chi connectivity index (χ0v) is 9.54. The third-order valence-corrected chi connectivity index (χ3v) is 2.48. The van der Waals surface area contributed by atoms with E-state index in [2.05, 4.69) is 20.5 Å². The first-order valence-corrected chi connectivity index (χ1v) is 5.25. The molecule has 2 heterocycles. The van der Waals surface area contributed by atoms with Crippen LogP contribution in [0.2, 0.25) is 0 Å². The molecule has 3 N–H and O–H groups in total. The number of rotatable bonds is 4. The van der Waals surface area contributed by atoms with Crippen molar-refractivity contribution in [2.75, 3.05) is 12.4 Å². The first-order valence-electron chi connectivity index (χ1n) is 5.25. The van der Waals surface area contributed by atoms with Gasteiger partial charge < -0.3 is 14.6 Å². The van der Waals surface area contributed by atoms with E-state index in [0.717, 1.165) is 0 Å². The third kappa shape index (κ3) is 2.56. The van der Waals surface area contributed by atoms with Crippen LogP contribution < -0.4 is 10.1 Å². The molecule has 0 saturated carbocycles. The number of carboxylic acid groups (broad SMARTS) is 1. The van der Waals surface area contributed by atoms with Gasteiger partial charge >= 0.3 is 12.0 Å². The molecule has 1 amide bonds. The van der Waals surface area contributed by atoms with Crippen molar-refractivity contribution in [1.82, 2.24) is 15.2 Å². The quantitative estimate of drug-likeness (QED) is 0.655. The van der Waals surface area contributed by atoms with Gasteiger partial charge in [0.1, 0.15) is 6.10 Å². The lowest BCUT2D eigenvalue weighted by molar-refractivity contribution is -0.150. The highest BCUT2D eigenvalue weighted by Crippen LogP contribution is 2.20. The normalized spacial score (nSPS) is 22.7. The van der Waals surface area contributed by atoms with Gasteiger partial charge in [-0.3, -0.25) is 10.1 Å². The molecule has 1 fully saturated rings. The summed E-state index contributed by atoms with van der Waals surface area (Å²) in [6.45, 7) is 0. The molecule has 98 valence electrons. The number of ether oxygens (including phenoxy) is 2. The molecule has 1 aromatic rings. The molecular weight excluding hydrogens is 244 g/mol. The van der Waals surface area contributed by atoms with Crippen LogP contribution in [-0.2, 0) is 14.3 Å². The molecule has 2 atom stereocenters. The van der Waals surface area contributed by atoms with Gasteiger partial charge in [0.2, 0.25) is 5.95 Å². The highest BCUT2D eigenvalue weighted by molar-refractivity contribution is 5.93. The lowest BCUT2D eigenvalue weighted by Gasteiger charge is -2.09. The number of aromatic nitrogens is 3. The molecule has 0 spiro atoms. The molecule has 0 bridgehead atoms. The second-order valence-corrected chi connectivity index (χ2v) is 3.69. The van der Waals surface area contributed by atoms with E-state index in [-0.39, 0.29) is 12.0 Å². The summed E-state index contributed by atoms with van der Waals surface area (Å²) in [5.41, 5.74) is 0. The molecule has 1 aliphatic rings. The molecule has 1 saturated heterocycles. The van der Waals surface area contributed by atoms with E-state index in [1.165, 1.54) is 7.11 Å². The Kier molecular flexibility index (Phi) is 3.42. The molecule has 0 radical (unpaired) electrons. The predicted molar refractivity (Wildman–Crippen MR) is 57.1 cm³/mol. The summed E-state index contributed by atoms with van der Waals surface area (Å²) < 4.78 is 9.82. The number of hydrogen-bond acceptors (Lipinski definition) is 6. The molecule has 1 aromatic heterocycles. The number of anilines is 1. The molecule has 1 aliphatic heterocycles. The summed E-state index contributed by atoms with van der Waals surface area (Å²) in [4.78, 5) is 26.2. The number of H-pyrrole nitrogens is 1. The van der Waals surface area contributed by atoms with Gasteiger partial charge in [-0.15, -0.1) is 5.10 Å². The maximum atomic E-state index is 11.7. The maximum Gasteiger partial charge on any atom is 0.336 e. The number of carbonyl (C=O) groups excluding carboxylic acids is 1. The molecule has 0 aliphatic carbocycles. The van der Waals surface area contributed by atoms with Gasteiger partial charge in [0.15, 0.2) is 6.10 Å². The van der Waals surface area contributed by atoms with E-state index in [0.29, 0.717) is 12.8 Å². The third-order valence-electron chi connectivity index (χ3n) is 2.48. The highest BCUT2D eigenvalue weighted by Gasteiger charge is 2.35. The van der Waals surface area contributed by atoms with Gasteiger partial charge in [-0.05, 0) is 12.8 Å². The van der Waals surface area contributed by atoms with Crippen LogP contribution in [0.25, 0.3) is 0 Å². The zero-order chi connectivity index (χ0) is 13.1. The molecule has 2 rings (SSSR count). The Labute approximate surface area is 101 Å². The summed E-state index contributed by atoms with van der Waals surface area (Å²) in [5, 5.41) is 17.3. The number of nitrogens with one attached hydrogen (secondary N) is 2. The lowest BCUT2D eigenvalue weighted by atomic mass is 10.2. The monoisotopic (exact) mass is 256 g/mol. The lowest BCUT2D eigenvalue weighted by Crippen LogP contribution is -2.30. The smallest absolute Gasteiger partial charge is 0.336 e. The van der Waals surface area contributed by atoms with Gasteiger partial charge in [0.05, 0.1) is 7.11 Å². The zero-order valence-electron chi connectivity index (χ0n) is 9.54. The van der Waals surface area contributed by atoms with Gasteiger partial charge in [0, 0.05) is 0 Å². The van der Waals surface area contributed by atoms with Gasteiger partial charge in [-0.2, -0.15) is 4.98 Å². The van der Waals surface area contributed by atoms with Crippen molar-refractivity contribution in [1.29, 1.82) is 0 Å². The Morgan fingerprint density at radius 1 is 1.50 bits per heavy atom. The molecule has 2 unspecified atom stereocenters. The van der Waals surface area contributed by atoms with E-state index < -0.39 is 24.1 Å². The van der Waals surface area contributed by atoms with Crippen molar-refractivity contribution in [2.45, 2.75) is 25.0 Å². The standard InChI is InChI=1S/C9H12N4O5/c1-17-9-11-8(12-13-9)10-6(14)4-2-3-5(18-4)7(15)16/h4-5H,2-3H2,1H3,(H,15,16)(H2,10,11,12,13,14). The predicted octanol–water partition coefficient (Wildman–Crippen LogP) is -0.616. The van der Waals surface area contributed by atoms with E-state index >= 15 is 0 Å². The summed E-state index contributed by atoms with van der Waals surface area (Å²) in [7, 11) is 1.40. The van der Waals surface area contributed by atoms with Crippen LogP contribution in [0.15, 0.2) is 0 Å². The SMILES string of the molecule is COc1n[nH]c(NC(=O)C2CCC(C(=O)O)O2)n1. The number of methoxy groups -OCH3 is 1. The van der Waals surface area contributed by atoms with E-state index in [4.69, 9.17) is 14.6 Å². The largest absolute Gasteiger partial charge is 0.479 e. The molecular formula is C9H12N4O5. The van der Waals surface area contributed by atoms with Crippen LogP contribution >= 0.6 is 0 Å². The van der Waals surface area contributed by atoms with Crippen LogP contribution in [0.1, 0.15) is 12.8 Å². The average Bonchev–Trinajstić information content (AvgIpc) is 2.97. The van der Waals surface area contributed by atoms with Crippen molar-refractivity contribution in [2.24, 2.45) is 0 Å². The summed E-state index contributed by atoms with van der Waals surface area (Å²) in [6, 6.07) is 0.0982. The number of aliphatic carboxylic acids is 1. The van der Waals surface area contributed by atoms with Gasteiger partial charge in [-0.25, -0.2) is 9.89 Å². The minimum Gasteiger partial charge on any atom is -0.479 e. The van der Waals surface area contributed by atoms with Crippen LogP contribution in [0, 0.1) is 0 Å². The Balaban J connectivity index is 1.91. The highest BCUT2D eigenvalue weighted by atomic mass is 16.5. The van der Waals surface area contributed by atoms with E-state index in [1.54, 1.807) is 0 Å². The van der Waals surface area contributed by atoms with Crippen molar-refractivity contribution < 1.29 is 24.2 Å². The molecule has 18 heavy (non-hydrogen) atoms. The van der Waals surface area contributed by atoms with E-state index in [9.17, 15) is 9.59 Å². The summed E-state index contributed by atoms with van der Waals surface area (Å²) in [5.74, 6) is -1.40. The first-order chi connectivity index (χ1) is 8.60. The maximum absolute atomic E-state index is 11.7. The van der Waals surface area contributed by atoms with Crippen LogP contribution in [-0.4, -0.2) is 51.5 Å². The molecule has 9 heteroatoms. The second kappa shape index (κ2) is 5.00. The summed E-state index contributed by atoms with van der Waals surface area (Å²) in [6.07, 6.45) is -1.05. The number of nitrogens with zero attached hydrogens (tertiary/aromatic N) is 2. The van der Waals surface area contributed by atoms with E-state index in [1.807, 2.05) is 0 Å². The molecule has 9 nitrogen and oxygen atoms in total. The van der Waals surface area contributed by atoms with Crippen molar-refractivity contribution in [3.05, 3.63) is 0 Å². The topological polar surface area (TPSA) is 126 Å². The number of hydrogen-bond donors (Lipinski definition) is 3. The number of amides is 1. The number of aromatic amines is 1. The fourth-order valence-corrected chi connectivity index (χ4v) is 1.60. The number of carboxylic acids is 1. The van der Waals surface area contributed by atoms with Gasteiger partial charge in [-0.1, -0.05) is 0 Å². The van der Waals surface area contributed by atoms with Crippen LogP contribution in [0.4, 0.5) is 5.95 Å². The minimum absolute atomic E-state index is 0.0982. The number of carbonyl (C=O) groups is 2. The Bertz CT molecular complexity index is 460. The van der Waals surface area contributed by atoms with Crippen LogP contribution in [0.5, 0.6) is 6.01 Å². The first kappa shape index (κ1) is 12.3. The Hall–Kier alpha value is -2.16. The second-order valence-electron chi connectivity index (χ2n) is 3.69. The Morgan fingerprint density at radius 2 is 2.22 bits per heavy atom. The summed E-state index contributed by atoms with van der Waals surface area (Å²) >= 11 is 0. The fraction of sp³-hybridized carbons (Fsp3) is 0.556. The minimum atomic E-state index is -1.06. The van der Waals surface area contributed by atoms with Crippen molar-refractivity contribution in [3.8, 4) is 6.01 Å².